The Morgan fingerprint density at radius 3 is 2.62 bits per heavy atom. The van der Waals surface area contributed by atoms with Gasteiger partial charge >= 0.3 is 5.97 Å². The quantitative estimate of drug-likeness (QED) is 0.280. The molecular weight excluding hydrogens is 618 g/mol. The summed E-state index contributed by atoms with van der Waals surface area (Å²) >= 11 is 4.67. The van der Waals surface area contributed by atoms with E-state index in [0.29, 0.717) is 44.9 Å². The summed E-state index contributed by atoms with van der Waals surface area (Å²) in [4.78, 5) is 48.7. The first kappa shape index (κ1) is 28.1. The molecule has 1 atom stereocenters. The van der Waals surface area contributed by atoms with Crippen LogP contribution < -0.4 is 24.5 Å². The van der Waals surface area contributed by atoms with Crippen molar-refractivity contribution in [2.24, 2.45) is 4.99 Å². The second-order valence-corrected chi connectivity index (χ2v) is 11.9. The Labute approximate surface area is 254 Å². The fraction of sp³-hybridized carbons (Fsp3) is 0.250. The number of nitrogens with zero attached hydrogens (tertiary/aromatic N) is 3. The minimum Gasteiger partial charge on any atom is -0.496 e. The van der Waals surface area contributed by atoms with Gasteiger partial charge in [-0.3, -0.25) is 14.2 Å². The molecule has 6 rings (SSSR count). The van der Waals surface area contributed by atoms with Crippen LogP contribution in [0.2, 0.25) is 0 Å². The minimum atomic E-state index is -0.881. The number of fused-ring (bicyclic) bond motifs is 3. The first-order chi connectivity index (χ1) is 20.3. The maximum absolute atomic E-state index is 14.6. The van der Waals surface area contributed by atoms with Crippen LogP contribution in [0.25, 0.3) is 16.3 Å². The largest absolute Gasteiger partial charge is 0.496 e. The average molecular weight is 647 g/mol. The van der Waals surface area contributed by atoms with E-state index in [0.717, 1.165) is 27.4 Å². The zero-order valence-corrected chi connectivity index (χ0v) is 26.0. The van der Waals surface area contributed by atoms with Crippen LogP contribution in [0.1, 0.15) is 43.9 Å². The van der Waals surface area contributed by atoms with E-state index in [1.165, 1.54) is 15.9 Å². The number of allylic oxidation sites excluding steroid dienone is 1. The van der Waals surface area contributed by atoms with E-state index in [-0.39, 0.29) is 17.0 Å². The van der Waals surface area contributed by atoms with Gasteiger partial charge in [0.05, 0.1) is 36.2 Å². The number of rotatable bonds is 6. The van der Waals surface area contributed by atoms with Crippen LogP contribution in [-0.2, 0) is 14.3 Å². The van der Waals surface area contributed by atoms with Crippen LogP contribution in [0.5, 0.6) is 5.75 Å². The highest BCUT2D eigenvalue weighted by molar-refractivity contribution is 9.10. The molecule has 0 saturated heterocycles. The number of methoxy groups -OCH3 is 1. The fourth-order valence-corrected chi connectivity index (χ4v) is 7.26. The highest BCUT2D eigenvalue weighted by atomic mass is 79.9. The van der Waals surface area contributed by atoms with Crippen LogP contribution in [0.4, 0.5) is 5.69 Å². The van der Waals surface area contributed by atoms with Crippen molar-refractivity contribution in [1.29, 1.82) is 0 Å². The van der Waals surface area contributed by atoms with Crippen LogP contribution in [0.15, 0.2) is 80.1 Å². The predicted molar refractivity (Wildman–Crippen MR) is 167 cm³/mol. The maximum atomic E-state index is 14.6. The fourth-order valence-electron chi connectivity index (χ4n) is 5.79. The second-order valence-electron chi connectivity index (χ2n) is 10.0. The molecule has 3 heterocycles. The lowest BCUT2D eigenvalue weighted by Crippen LogP contribution is -2.41. The average Bonchev–Trinajstić information content (AvgIpc) is 3.43. The van der Waals surface area contributed by atoms with Gasteiger partial charge in [-0.15, -0.1) is 0 Å². The van der Waals surface area contributed by atoms with Gasteiger partial charge in [0.2, 0.25) is 0 Å². The van der Waals surface area contributed by atoms with E-state index in [4.69, 9.17) is 14.5 Å². The van der Waals surface area contributed by atoms with Crippen molar-refractivity contribution in [3.8, 4) is 5.75 Å². The molecular formula is C32H28BrN3O5S. The summed E-state index contributed by atoms with van der Waals surface area (Å²) in [6.07, 6.45) is 1.23. The van der Waals surface area contributed by atoms with Crippen molar-refractivity contribution < 1.29 is 19.1 Å². The number of likely N-dealkylation sites (N-methyl/N-ethyl adjacent to an activating group) is 1. The predicted octanol–water partition coefficient (Wildman–Crippen LogP) is 4.85. The summed E-state index contributed by atoms with van der Waals surface area (Å²) < 4.78 is 14.0. The highest BCUT2D eigenvalue weighted by Gasteiger charge is 2.39. The van der Waals surface area contributed by atoms with E-state index in [2.05, 4.69) is 15.9 Å². The number of carbonyl (C=O) groups excluding carboxylic acids is 2. The molecule has 0 fully saturated rings. The van der Waals surface area contributed by atoms with Crippen molar-refractivity contribution in [3.05, 3.63) is 101 Å². The van der Waals surface area contributed by atoms with Gasteiger partial charge < -0.3 is 14.4 Å². The lowest BCUT2D eigenvalue weighted by atomic mass is 9.90. The molecule has 0 radical (unpaired) electrons. The Morgan fingerprint density at radius 2 is 1.88 bits per heavy atom. The SMILES string of the molecule is CCCC1=C(C(=O)OCC)[C@H](c2c(OC)ccc3ccccc23)n2c(s/c(=C3\C(=O)N(C)c4ccc(Br)cc43)c2=O)=N1. The Bertz CT molecular complexity index is 2010. The van der Waals surface area contributed by atoms with Gasteiger partial charge in [-0.05, 0) is 48.4 Å². The van der Waals surface area contributed by atoms with Crippen LogP contribution in [0.3, 0.4) is 0 Å². The Hall–Kier alpha value is -4.02. The minimum absolute atomic E-state index is 0.169. The summed E-state index contributed by atoms with van der Waals surface area (Å²) in [5.41, 5.74) is 2.83. The summed E-state index contributed by atoms with van der Waals surface area (Å²) in [5, 5.41) is 1.77. The zero-order chi connectivity index (χ0) is 29.7. The van der Waals surface area contributed by atoms with Crippen molar-refractivity contribution in [3.63, 3.8) is 0 Å². The number of hydrogen-bond acceptors (Lipinski definition) is 7. The molecule has 1 amide bonds. The molecule has 0 spiro atoms. The third kappa shape index (κ3) is 4.32. The van der Waals surface area contributed by atoms with Crippen LogP contribution >= 0.6 is 27.3 Å². The van der Waals surface area contributed by atoms with E-state index < -0.39 is 17.6 Å². The number of benzene rings is 3. The van der Waals surface area contributed by atoms with Crippen LogP contribution in [0, 0.1) is 0 Å². The Kier molecular flexibility index (Phi) is 7.36. The van der Waals surface area contributed by atoms with Crippen molar-refractivity contribution in [2.75, 3.05) is 25.7 Å². The molecule has 0 aliphatic carbocycles. The van der Waals surface area contributed by atoms with Crippen molar-refractivity contribution in [1.82, 2.24) is 4.57 Å². The smallest absolute Gasteiger partial charge is 0.338 e. The zero-order valence-electron chi connectivity index (χ0n) is 23.6. The normalized spacial score (nSPS) is 17.3. The monoisotopic (exact) mass is 645 g/mol. The van der Waals surface area contributed by atoms with E-state index in [1.807, 2.05) is 61.5 Å². The number of anilines is 1. The second kappa shape index (κ2) is 11.0. The Morgan fingerprint density at radius 1 is 1.10 bits per heavy atom. The van der Waals surface area contributed by atoms with Gasteiger partial charge in [-0.2, -0.15) is 0 Å². The van der Waals surface area contributed by atoms with Gasteiger partial charge in [-0.25, -0.2) is 9.79 Å². The topological polar surface area (TPSA) is 90.2 Å². The molecule has 8 nitrogen and oxygen atoms in total. The maximum Gasteiger partial charge on any atom is 0.338 e. The lowest BCUT2D eigenvalue weighted by Gasteiger charge is -2.28. The Balaban J connectivity index is 1.76. The summed E-state index contributed by atoms with van der Waals surface area (Å²) in [6.45, 7) is 3.93. The molecule has 0 saturated carbocycles. The van der Waals surface area contributed by atoms with Gasteiger partial charge in [0.25, 0.3) is 11.5 Å². The number of hydrogen-bond donors (Lipinski definition) is 0. The number of amides is 1. The van der Waals surface area contributed by atoms with Gasteiger partial charge in [-0.1, -0.05) is 70.9 Å². The summed E-state index contributed by atoms with van der Waals surface area (Å²) in [7, 11) is 3.27. The first-order valence-electron chi connectivity index (χ1n) is 13.7. The van der Waals surface area contributed by atoms with E-state index >= 15 is 0 Å². The molecule has 214 valence electrons. The summed E-state index contributed by atoms with van der Waals surface area (Å²) in [5.74, 6) is -0.276. The third-order valence-electron chi connectivity index (χ3n) is 7.63. The molecule has 0 unspecified atom stereocenters. The number of halogens is 1. The molecule has 2 aliphatic rings. The van der Waals surface area contributed by atoms with Gasteiger partial charge in [0, 0.05) is 22.6 Å². The number of esters is 1. The summed E-state index contributed by atoms with van der Waals surface area (Å²) in [6, 6.07) is 16.3. The highest BCUT2D eigenvalue weighted by Crippen LogP contribution is 2.41. The standard InChI is InChI=1S/C32H28BrN3O5S/c1-5-9-21-26(31(39)41-6-2)27(24-19-11-8-7-10-17(19)12-15-23(24)40-4)36-30(38)28(42-32(36)34-21)25-20-16-18(33)13-14-22(20)35(3)29(25)37/h7-8,10-16,27H,5-6,9H2,1-4H3/b28-25-/t27-/m0/s1. The number of carbonyl (C=O) groups is 2. The molecule has 2 aliphatic heterocycles. The molecule has 1 aromatic heterocycles. The van der Waals surface area contributed by atoms with Crippen molar-refractivity contribution >= 4 is 61.2 Å². The number of aromatic nitrogens is 1. The van der Waals surface area contributed by atoms with E-state index in [1.54, 1.807) is 26.0 Å². The molecule has 0 bridgehead atoms. The van der Waals surface area contributed by atoms with Crippen molar-refractivity contribution in [2.45, 2.75) is 32.7 Å². The lowest BCUT2D eigenvalue weighted by molar-refractivity contribution is -0.139. The number of thiazole rings is 1. The van der Waals surface area contributed by atoms with Gasteiger partial charge in [0.15, 0.2) is 4.80 Å². The van der Waals surface area contributed by atoms with Crippen LogP contribution in [-0.4, -0.2) is 37.2 Å². The molecule has 4 aromatic rings. The first-order valence-corrected chi connectivity index (χ1v) is 15.3. The van der Waals surface area contributed by atoms with E-state index in [9.17, 15) is 14.4 Å². The number of ether oxygens (including phenoxy) is 2. The molecule has 42 heavy (non-hydrogen) atoms. The molecule has 3 aromatic carbocycles. The third-order valence-corrected chi connectivity index (χ3v) is 9.17. The molecule has 10 heteroatoms. The molecule has 0 N–H and O–H groups in total. The van der Waals surface area contributed by atoms with Gasteiger partial charge in [0.1, 0.15) is 16.3 Å².